The van der Waals surface area contributed by atoms with Crippen LogP contribution >= 0.6 is 0 Å². The Labute approximate surface area is 198 Å². The lowest BCUT2D eigenvalue weighted by atomic mass is 9.90. The lowest BCUT2D eigenvalue weighted by molar-refractivity contribution is -0.159. The van der Waals surface area contributed by atoms with E-state index in [9.17, 15) is 9.59 Å². The maximum absolute atomic E-state index is 13.8. The number of hydrogen-bond donors (Lipinski definition) is 1. The smallest absolute Gasteiger partial charge is 0.307 e. The van der Waals surface area contributed by atoms with Crippen LogP contribution in [0.3, 0.4) is 0 Å². The minimum absolute atomic E-state index is 0.0614. The van der Waals surface area contributed by atoms with Crippen molar-refractivity contribution in [2.24, 2.45) is 0 Å². The fraction of sp³-hybridized carbons (Fsp3) is 0.481. The molecule has 1 N–H and O–H groups in total. The van der Waals surface area contributed by atoms with E-state index < -0.39 is 13.9 Å². The summed E-state index contributed by atoms with van der Waals surface area (Å²) in [6, 6.07) is 17.7. The van der Waals surface area contributed by atoms with Gasteiger partial charge in [0.15, 0.2) is 13.9 Å². The normalized spacial score (nSPS) is 24.9. The molecule has 0 bridgehead atoms. The van der Waals surface area contributed by atoms with Crippen LogP contribution < -0.4 is 5.32 Å². The van der Waals surface area contributed by atoms with Crippen LogP contribution in [-0.2, 0) is 31.6 Å². The molecule has 2 aliphatic rings. The molecule has 0 spiro atoms. The van der Waals surface area contributed by atoms with Crippen molar-refractivity contribution in [3.05, 3.63) is 71.3 Å². The third-order valence-electron chi connectivity index (χ3n) is 7.51. The van der Waals surface area contributed by atoms with Crippen molar-refractivity contribution >= 4 is 20.2 Å². The van der Waals surface area contributed by atoms with Crippen molar-refractivity contribution in [1.29, 1.82) is 0 Å². The summed E-state index contributed by atoms with van der Waals surface area (Å²) in [6.07, 6.45) is 1.63. The predicted molar refractivity (Wildman–Crippen MR) is 131 cm³/mol. The van der Waals surface area contributed by atoms with Crippen LogP contribution in [0.25, 0.3) is 0 Å². The average molecular weight is 466 g/mol. The van der Waals surface area contributed by atoms with Crippen LogP contribution in [-0.4, -0.2) is 31.9 Å². The van der Waals surface area contributed by atoms with Gasteiger partial charge in [-0.25, -0.2) is 0 Å². The highest BCUT2D eigenvalue weighted by atomic mass is 28.4. The van der Waals surface area contributed by atoms with Crippen LogP contribution in [0.2, 0.25) is 18.1 Å². The second kappa shape index (κ2) is 8.73. The summed E-state index contributed by atoms with van der Waals surface area (Å²) < 4.78 is 12.5. The number of nitrogens with one attached hydrogen (secondary N) is 1. The Balaban J connectivity index is 1.62. The zero-order valence-electron chi connectivity index (χ0n) is 20.3. The third kappa shape index (κ3) is 4.78. The van der Waals surface area contributed by atoms with Gasteiger partial charge in [-0.1, -0.05) is 75.4 Å². The van der Waals surface area contributed by atoms with Crippen LogP contribution in [0.15, 0.2) is 54.6 Å². The van der Waals surface area contributed by atoms with Gasteiger partial charge < -0.3 is 14.5 Å². The quantitative estimate of drug-likeness (QED) is 0.476. The number of fused-ring (bicyclic) bond motifs is 1. The highest BCUT2D eigenvalue weighted by molar-refractivity contribution is 6.74. The Kier molecular flexibility index (Phi) is 6.27. The maximum atomic E-state index is 13.8. The van der Waals surface area contributed by atoms with Gasteiger partial charge >= 0.3 is 5.97 Å². The van der Waals surface area contributed by atoms with E-state index >= 15 is 0 Å². The number of cyclic esters (lactones) is 1. The summed E-state index contributed by atoms with van der Waals surface area (Å²) in [7, 11) is -2.06. The minimum atomic E-state index is -2.06. The van der Waals surface area contributed by atoms with Gasteiger partial charge in [-0.3, -0.25) is 9.59 Å². The Hall–Kier alpha value is -2.44. The lowest BCUT2D eigenvalue weighted by Crippen LogP contribution is -2.52. The van der Waals surface area contributed by atoms with Gasteiger partial charge in [-0.05, 0) is 34.8 Å². The van der Waals surface area contributed by atoms with E-state index in [0.717, 1.165) is 17.5 Å². The van der Waals surface area contributed by atoms with Crippen LogP contribution in [0, 0.1) is 0 Å². The molecule has 4 rings (SSSR count). The number of benzene rings is 2. The van der Waals surface area contributed by atoms with Crippen molar-refractivity contribution in [3.8, 4) is 0 Å². The van der Waals surface area contributed by atoms with E-state index in [2.05, 4.69) is 51.3 Å². The molecule has 3 atom stereocenters. The molecule has 1 aliphatic carbocycles. The molecule has 33 heavy (non-hydrogen) atoms. The highest BCUT2D eigenvalue weighted by Gasteiger charge is 2.50. The summed E-state index contributed by atoms with van der Waals surface area (Å²) in [4.78, 5) is 25.9. The van der Waals surface area contributed by atoms with Gasteiger partial charge in [0.1, 0.15) is 0 Å². The minimum Gasteiger partial charge on any atom is -0.449 e. The molecule has 0 unspecified atom stereocenters. The summed E-state index contributed by atoms with van der Waals surface area (Å²) in [5.41, 5.74) is 2.08. The Morgan fingerprint density at radius 1 is 1.12 bits per heavy atom. The molecule has 1 saturated heterocycles. The number of amides is 1. The first-order chi connectivity index (χ1) is 15.5. The van der Waals surface area contributed by atoms with Crippen molar-refractivity contribution < 1.29 is 18.8 Å². The number of carbonyl (C=O) groups excluding carboxylic acids is 2. The molecule has 6 heteroatoms. The first kappa shape index (κ1) is 23.7. The summed E-state index contributed by atoms with van der Waals surface area (Å²) >= 11 is 0. The standard InChI is InChI=1S/C27H35NO4Si/c1-26(2,3)33(4,5)32-22-17-20-13-9-10-14-21(20)24(22)28-25(30)27(16-15-23(29)31-27)18-19-11-7-6-8-12-19/h6-14,22,24H,15-18H2,1-5H3,(H,28,30)/t22-,24+,27+/m1/s1. The predicted octanol–water partition coefficient (Wildman–Crippen LogP) is 5.11. The highest BCUT2D eigenvalue weighted by Crippen LogP contribution is 2.42. The molecule has 1 fully saturated rings. The van der Waals surface area contributed by atoms with Crippen molar-refractivity contribution in [2.75, 3.05) is 0 Å². The van der Waals surface area contributed by atoms with E-state index in [1.165, 1.54) is 5.56 Å². The molecule has 2 aromatic rings. The van der Waals surface area contributed by atoms with Gasteiger partial charge in [0.2, 0.25) is 0 Å². The van der Waals surface area contributed by atoms with Crippen molar-refractivity contribution in [3.63, 3.8) is 0 Å². The zero-order valence-corrected chi connectivity index (χ0v) is 21.3. The fourth-order valence-electron chi connectivity index (χ4n) is 4.58. The van der Waals surface area contributed by atoms with Gasteiger partial charge in [-0.15, -0.1) is 0 Å². The fourth-order valence-corrected chi connectivity index (χ4v) is 5.91. The molecule has 176 valence electrons. The van der Waals surface area contributed by atoms with Crippen LogP contribution in [0.5, 0.6) is 0 Å². The molecule has 0 aromatic heterocycles. The topological polar surface area (TPSA) is 64.6 Å². The molecule has 1 amide bonds. The zero-order chi connectivity index (χ0) is 23.9. The molecule has 0 radical (unpaired) electrons. The number of esters is 1. The largest absolute Gasteiger partial charge is 0.449 e. The Morgan fingerprint density at radius 2 is 1.79 bits per heavy atom. The van der Waals surface area contributed by atoms with E-state index in [-0.39, 0.29) is 35.5 Å². The molecule has 0 saturated carbocycles. The molecule has 1 heterocycles. The van der Waals surface area contributed by atoms with Gasteiger partial charge in [0.25, 0.3) is 5.91 Å². The third-order valence-corrected chi connectivity index (χ3v) is 12.0. The summed E-state index contributed by atoms with van der Waals surface area (Å²) in [5.74, 6) is -0.551. The molecule has 5 nitrogen and oxygen atoms in total. The second-order valence-corrected chi connectivity index (χ2v) is 15.7. The van der Waals surface area contributed by atoms with Crippen molar-refractivity contribution in [1.82, 2.24) is 5.32 Å². The van der Waals surface area contributed by atoms with Crippen molar-refractivity contribution in [2.45, 2.75) is 82.3 Å². The number of ether oxygens (including phenoxy) is 1. The first-order valence-electron chi connectivity index (χ1n) is 11.8. The van der Waals surface area contributed by atoms with Gasteiger partial charge in [-0.2, -0.15) is 0 Å². The summed E-state index contributed by atoms with van der Waals surface area (Å²) in [6.45, 7) is 11.2. The summed E-state index contributed by atoms with van der Waals surface area (Å²) in [5, 5.41) is 3.33. The molecule has 2 aromatic carbocycles. The number of hydrogen-bond acceptors (Lipinski definition) is 4. The Bertz CT molecular complexity index is 1030. The molecular formula is C27H35NO4Si. The van der Waals surface area contributed by atoms with E-state index in [1.807, 2.05) is 42.5 Å². The number of carbonyl (C=O) groups is 2. The van der Waals surface area contributed by atoms with Crippen LogP contribution in [0.1, 0.15) is 56.3 Å². The van der Waals surface area contributed by atoms with Gasteiger partial charge in [0, 0.05) is 25.7 Å². The maximum Gasteiger partial charge on any atom is 0.307 e. The average Bonchev–Trinajstić information content (AvgIpc) is 3.28. The lowest BCUT2D eigenvalue weighted by Gasteiger charge is -2.40. The molecule has 1 aliphatic heterocycles. The van der Waals surface area contributed by atoms with Gasteiger partial charge in [0.05, 0.1) is 12.1 Å². The van der Waals surface area contributed by atoms with E-state index in [1.54, 1.807) is 0 Å². The van der Waals surface area contributed by atoms with E-state index in [0.29, 0.717) is 12.8 Å². The Morgan fingerprint density at radius 3 is 2.42 bits per heavy atom. The second-order valence-electron chi connectivity index (χ2n) is 10.9. The van der Waals surface area contributed by atoms with E-state index in [4.69, 9.17) is 9.16 Å². The molecular weight excluding hydrogens is 430 g/mol. The monoisotopic (exact) mass is 465 g/mol. The number of rotatable bonds is 6. The van der Waals surface area contributed by atoms with Crippen LogP contribution in [0.4, 0.5) is 0 Å². The SMILES string of the molecule is CC(C)(C)[Si](C)(C)O[C@@H]1Cc2ccccc2[C@@H]1NC(=O)[C@@]1(Cc2ccccc2)CCC(=O)O1. The first-order valence-corrected chi connectivity index (χ1v) is 14.7.